The lowest BCUT2D eigenvalue weighted by atomic mass is 10.1. The summed E-state index contributed by atoms with van der Waals surface area (Å²) >= 11 is 0. The molecule has 1 N–H and O–H groups in total. The average Bonchev–Trinajstić information content (AvgIpc) is 2.58. The van der Waals surface area contributed by atoms with Gasteiger partial charge in [-0.1, -0.05) is 24.3 Å². The van der Waals surface area contributed by atoms with Gasteiger partial charge in [0.05, 0.1) is 7.11 Å². The second-order valence-corrected chi connectivity index (χ2v) is 4.76. The average molecular weight is 310 g/mol. The van der Waals surface area contributed by atoms with Crippen LogP contribution in [-0.2, 0) is 11.3 Å². The molecule has 0 atom stereocenters. The zero-order valence-electron chi connectivity index (χ0n) is 12.5. The van der Waals surface area contributed by atoms with E-state index >= 15 is 0 Å². The Morgan fingerprint density at radius 3 is 2.65 bits per heavy atom. The predicted octanol–water partition coefficient (Wildman–Crippen LogP) is 3.06. The van der Waals surface area contributed by atoms with Crippen molar-refractivity contribution in [2.45, 2.75) is 6.54 Å². The molecular formula is C18H15FN2O2. The van der Waals surface area contributed by atoms with E-state index in [1.165, 1.54) is 24.3 Å². The van der Waals surface area contributed by atoms with Crippen molar-refractivity contribution < 1.29 is 13.9 Å². The van der Waals surface area contributed by atoms with Crippen LogP contribution in [0.1, 0.15) is 11.1 Å². The van der Waals surface area contributed by atoms with E-state index in [-0.39, 0.29) is 12.1 Å². The van der Waals surface area contributed by atoms with Gasteiger partial charge in [-0.25, -0.2) is 4.39 Å². The van der Waals surface area contributed by atoms with Crippen LogP contribution in [0.4, 0.5) is 4.39 Å². The van der Waals surface area contributed by atoms with Gasteiger partial charge in [0, 0.05) is 6.54 Å². The summed E-state index contributed by atoms with van der Waals surface area (Å²) in [6, 6.07) is 14.7. The minimum atomic E-state index is -0.507. The SMILES string of the molecule is COc1ccc(CNC(=O)/C(C#N)=C\c2cccc(F)c2)cc1. The minimum Gasteiger partial charge on any atom is -0.497 e. The van der Waals surface area contributed by atoms with Gasteiger partial charge in [-0.15, -0.1) is 0 Å². The quantitative estimate of drug-likeness (QED) is 0.682. The zero-order chi connectivity index (χ0) is 16.7. The van der Waals surface area contributed by atoms with Crippen LogP contribution in [0, 0.1) is 17.1 Å². The summed E-state index contributed by atoms with van der Waals surface area (Å²) in [6.45, 7) is 0.283. The fraction of sp³-hybridized carbons (Fsp3) is 0.111. The van der Waals surface area contributed by atoms with Crippen molar-refractivity contribution in [3.05, 3.63) is 71.0 Å². The van der Waals surface area contributed by atoms with Gasteiger partial charge in [0.1, 0.15) is 23.2 Å². The van der Waals surface area contributed by atoms with Gasteiger partial charge >= 0.3 is 0 Å². The van der Waals surface area contributed by atoms with Crippen molar-refractivity contribution in [1.29, 1.82) is 5.26 Å². The Morgan fingerprint density at radius 2 is 2.04 bits per heavy atom. The Morgan fingerprint density at radius 1 is 1.30 bits per heavy atom. The molecule has 0 aliphatic rings. The monoisotopic (exact) mass is 310 g/mol. The molecule has 2 rings (SSSR count). The number of nitrogens with one attached hydrogen (secondary N) is 1. The normalized spacial score (nSPS) is 10.7. The van der Waals surface area contributed by atoms with E-state index in [1.54, 1.807) is 25.3 Å². The number of hydrogen-bond donors (Lipinski definition) is 1. The number of methoxy groups -OCH3 is 1. The molecule has 0 bridgehead atoms. The van der Waals surface area contributed by atoms with E-state index < -0.39 is 11.7 Å². The maximum atomic E-state index is 13.1. The van der Waals surface area contributed by atoms with Gasteiger partial charge in [0.25, 0.3) is 5.91 Å². The maximum Gasteiger partial charge on any atom is 0.262 e. The number of nitriles is 1. The number of amides is 1. The number of carbonyl (C=O) groups excluding carboxylic acids is 1. The summed E-state index contributed by atoms with van der Waals surface area (Å²) in [7, 11) is 1.58. The summed E-state index contributed by atoms with van der Waals surface area (Å²) in [4.78, 5) is 12.0. The third kappa shape index (κ3) is 4.68. The van der Waals surface area contributed by atoms with Crippen LogP contribution >= 0.6 is 0 Å². The van der Waals surface area contributed by atoms with Crippen LogP contribution in [0.2, 0.25) is 0 Å². The Bertz CT molecular complexity index is 761. The van der Waals surface area contributed by atoms with Crippen LogP contribution in [0.15, 0.2) is 54.1 Å². The van der Waals surface area contributed by atoms with E-state index in [0.717, 1.165) is 11.3 Å². The molecule has 0 saturated carbocycles. The topological polar surface area (TPSA) is 62.1 Å². The zero-order valence-corrected chi connectivity index (χ0v) is 12.5. The number of carbonyl (C=O) groups is 1. The van der Waals surface area contributed by atoms with Gasteiger partial charge < -0.3 is 10.1 Å². The molecule has 0 aliphatic carbocycles. The highest BCUT2D eigenvalue weighted by Gasteiger charge is 2.09. The maximum absolute atomic E-state index is 13.1. The van der Waals surface area contributed by atoms with E-state index in [0.29, 0.717) is 5.56 Å². The number of ether oxygens (including phenoxy) is 1. The molecule has 0 aromatic heterocycles. The van der Waals surface area contributed by atoms with Crippen LogP contribution in [0.5, 0.6) is 5.75 Å². The van der Waals surface area contributed by atoms with E-state index in [4.69, 9.17) is 10.00 Å². The highest BCUT2D eigenvalue weighted by Crippen LogP contribution is 2.12. The molecule has 1 amide bonds. The molecule has 0 aliphatic heterocycles. The summed E-state index contributed by atoms with van der Waals surface area (Å²) in [5.41, 5.74) is 1.26. The van der Waals surface area contributed by atoms with Gasteiger partial charge in [-0.3, -0.25) is 4.79 Å². The van der Waals surface area contributed by atoms with Crippen molar-refractivity contribution in [1.82, 2.24) is 5.32 Å². The number of benzene rings is 2. The van der Waals surface area contributed by atoms with Gasteiger partial charge in [-0.2, -0.15) is 5.26 Å². The molecule has 0 radical (unpaired) electrons. The minimum absolute atomic E-state index is 0.0795. The van der Waals surface area contributed by atoms with Crippen LogP contribution in [-0.4, -0.2) is 13.0 Å². The van der Waals surface area contributed by atoms with Gasteiger partial charge in [0.15, 0.2) is 0 Å². The van der Waals surface area contributed by atoms with Crippen LogP contribution in [0.25, 0.3) is 6.08 Å². The highest BCUT2D eigenvalue weighted by molar-refractivity contribution is 6.01. The molecule has 23 heavy (non-hydrogen) atoms. The molecule has 116 valence electrons. The molecule has 2 aromatic carbocycles. The van der Waals surface area contributed by atoms with Crippen molar-refractivity contribution >= 4 is 12.0 Å². The highest BCUT2D eigenvalue weighted by atomic mass is 19.1. The first-order chi connectivity index (χ1) is 11.1. The third-order valence-corrected chi connectivity index (χ3v) is 3.14. The van der Waals surface area contributed by atoms with E-state index in [2.05, 4.69) is 5.32 Å². The standard InChI is InChI=1S/C18H15FN2O2/c1-23-17-7-5-13(6-8-17)12-21-18(22)15(11-20)9-14-3-2-4-16(19)10-14/h2-10H,12H2,1H3,(H,21,22)/b15-9-. The lowest BCUT2D eigenvalue weighted by molar-refractivity contribution is -0.117. The number of hydrogen-bond acceptors (Lipinski definition) is 3. The fourth-order valence-electron chi connectivity index (χ4n) is 1.93. The smallest absolute Gasteiger partial charge is 0.262 e. The molecule has 0 fully saturated rings. The summed E-state index contributed by atoms with van der Waals surface area (Å²) in [5.74, 6) is -0.203. The molecule has 5 heteroatoms. The number of rotatable bonds is 5. The largest absolute Gasteiger partial charge is 0.497 e. The Balaban J connectivity index is 2.04. The van der Waals surface area contributed by atoms with E-state index in [1.807, 2.05) is 18.2 Å². The Labute approximate surface area is 133 Å². The molecule has 2 aromatic rings. The molecular weight excluding hydrogens is 295 g/mol. The predicted molar refractivity (Wildman–Crippen MR) is 84.8 cm³/mol. The summed E-state index contributed by atoms with van der Waals surface area (Å²) < 4.78 is 18.2. The Kier molecular flexibility index (Phi) is 5.48. The fourth-order valence-corrected chi connectivity index (χ4v) is 1.93. The molecule has 0 unspecified atom stereocenters. The second-order valence-electron chi connectivity index (χ2n) is 4.76. The number of nitrogens with zero attached hydrogens (tertiary/aromatic N) is 1. The van der Waals surface area contributed by atoms with Crippen molar-refractivity contribution in [3.8, 4) is 11.8 Å². The number of halogens is 1. The first-order valence-electron chi connectivity index (χ1n) is 6.91. The summed E-state index contributed by atoms with van der Waals surface area (Å²) in [6.07, 6.45) is 1.35. The van der Waals surface area contributed by atoms with Gasteiger partial charge in [0.2, 0.25) is 0 Å². The first-order valence-corrected chi connectivity index (χ1v) is 6.91. The van der Waals surface area contributed by atoms with Gasteiger partial charge in [-0.05, 0) is 41.5 Å². The van der Waals surface area contributed by atoms with E-state index in [9.17, 15) is 9.18 Å². The first kappa shape index (κ1) is 16.2. The molecule has 4 nitrogen and oxygen atoms in total. The summed E-state index contributed by atoms with van der Waals surface area (Å²) in [5, 5.41) is 11.8. The molecule has 0 heterocycles. The second kappa shape index (κ2) is 7.76. The van der Waals surface area contributed by atoms with Crippen LogP contribution in [0.3, 0.4) is 0 Å². The van der Waals surface area contributed by atoms with Crippen LogP contribution < -0.4 is 10.1 Å². The van der Waals surface area contributed by atoms with Crippen molar-refractivity contribution in [2.24, 2.45) is 0 Å². The Hall–Kier alpha value is -3.13. The molecule has 0 spiro atoms. The third-order valence-electron chi connectivity index (χ3n) is 3.14. The van der Waals surface area contributed by atoms with Crippen molar-refractivity contribution in [3.63, 3.8) is 0 Å². The molecule has 0 saturated heterocycles. The lowest BCUT2D eigenvalue weighted by Gasteiger charge is -2.06. The van der Waals surface area contributed by atoms with Crippen molar-refractivity contribution in [2.75, 3.05) is 7.11 Å². The lowest BCUT2D eigenvalue weighted by Crippen LogP contribution is -2.23.